The first-order valence-corrected chi connectivity index (χ1v) is 7.24. The first-order valence-electron chi connectivity index (χ1n) is 7.24. The van der Waals surface area contributed by atoms with Gasteiger partial charge < -0.3 is 14.1 Å². The third-order valence-electron chi connectivity index (χ3n) is 3.63. The van der Waals surface area contributed by atoms with Gasteiger partial charge in [-0.3, -0.25) is 0 Å². The smallest absolute Gasteiger partial charge is 0.231 e. The summed E-state index contributed by atoms with van der Waals surface area (Å²) in [4.78, 5) is 10.9. The second kappa shape index (κ2) is 5.67. The molecule has 3 aromatic rings. The zero-order chi connectivity index (χ0) is 15.7. The molecular weight excluding hydrogens is 278 g/mol. The topological polar surface area (TPSA) is 51.4 Å². The van der Waals surface area contributed by atoms with Gasteiger partial charge in [0.25, 0.3) is 0 Å². The van der Waals surface area contributed by atoms with Crippen LogP contribution in [0.25, 0.3) is 11.1 Å². The minimum Gasteiger partial charge on any atom is -0.497 e. The van der Waals surface area contributed by atoms with E-state index in [2.05, 4.69) is 28.7 Å². The molecule has 22 heavy (non-hydrogen) atoms. The summed E-state index contributed by atoms with van der Waals surface area (Å²) in [5.41, 5.74) is 2.70. The van der Waals surface area contributed by atoms with Crippen molar-refractivity contribution >= 4 is 22.6 Å². The molecule has 0 aliphatic carbocycles. The molecule has 0 spiro atoms. The molecule has 3 rings (SSSR count). The SMILES string of the molecule is COc1ccc(N(c2ncnc3occ(C)c23)C(C)C)cc1. The number of hydrogen-bond donors (Lipinski definition) is 0. The Morgan fingerprint density at radius 2 is 1.86 bits per heavy atom. The predicted octanol–water partition coefficient (Wildman–Crippen LogP) is 4.09. The lowest BCUT2D eigenvalue weighted by Crippen LogP contribution is -2.26. The third kappa shape index (κ3) is 2.39. The van der Waals surface area contributed by atoms with Crippen molar-refractivity contribution < 1.29 is 9.15 Å². The van der Waals surface area contributed by atoms with Crippen molar-refractivity contribution in [3.8, 4) is 5.75 Å². The number of ether oxygens (including phenoxy) is 1. The van der Waals surface area contributed by atoms with Crippen molar-refractivity contribution in [2.75, 3.05) is 12.0 Å². The molecule has 0 saturated heterocycles. The van der Waals surface area contributed by atoms with Gasteiger partial charge in [0.05, 0.1) is 18.8 Å². The second-order valence-corrected chi connectivity index (χ2v) is 5.46. The van der Waals surface area contributed by atoms with Crippen LogP contribution in [-0.2, 0) is 0 Å². The quantitative estimate of drug-likeness (QED) is 0.726. The van der Waals surface area contributed by atoms with Crippen LogP contribution in [0.15, 0.2) is 41.3 Å². The van der Waals surface area contributed by atoms with Crippen LogP contribution < -0.4 is 9.64 Å². The Morgan fingerprint density at radius 3 is 2.50 bits per heavy atom. The molecule has 5 nitrogen and oxygen atoms in total. The standard InChI is InChI=1S/C17H19N3O2/c1-11(2)20(13-5-7-14(21-4)8-6-13)16-15-12(3)9-22-17(15)19-10-18-16/h5-11H,1-4H3. The Kier molecular flexibility index (Phi) is 3.71. The first kappa shape index (κ1) is 14.4. The summed E-state index contributed by atoms with van der Waals surface area (Å²) < 4.78 is 10.7. The van der Waals surface area contributed by atoms with Crippen LogP contribution in [0.3, 0.4) is 0 Å². The molecule has 2 heterocycles. The number of fused-ring (bicyclic) bond motifs is 1. The van der Waals surface area contributed by atoms with Gasteiger partial charge in [0.15, 0.2) is 0 Å². The highest BCUT2D eigenvalue weighted by Gasteiger charge is 2.20. The number of benzene rings is 1. The maximum absolute atomic E-state index is 5.49. The van der Waals surface area contributed by atoms with Gasteiger partial charge in [-0.05, 0) is 45.0 Å². The van der Waals surface area contributed by atoms with Gasteiger partial charge in [0, 0.05) is 17.3 Å². The number of methoxy groups -OCH3 is 1. The van der Waals surface area contributed by atoms with Crippen LogP contribution in [0.2, 0.25) is 0 Å². The van der Waals surface area contributed by atoms with Gasteiger partial charge in [-0.25, -0.2) is 9.97 Å². The van der Waals surface area contributed by atoms with Gasteiger partial charge in [0.2, 0.25) is 5.71 Å². The van der Waals surface area contributed by atoms with Crippen LogP contribution in [0, 0.1) is 6.92 Å². The van der Waals surface area contributed by atoms with Gasteiger partial charge in [-0.15, -0.1) is 0 Å². The minimum absolute atomic E-state index is 0.237. The summed E-state index contributed by atoms with van der Waals surface area (Å²) in [5.74, 6) is 1.69. The molecule has 5 heteroatoms. The molecule has 0 saturated carbocycles. The van der Waals surface area contributed by atoms with Gasteiger partial charge in [-0.2, -0.15) is 0 Å². The summed E-state index contributed by atoms with van der Waals surface area (Å²) in [5, 5.41) is 0.951. The molecule has 0 radical (unpaired) electrons. The fourth-order valence-electron chi connectivity index (χ4n) is 2.59. The largest absolute Gasteiger partial charge is 0.497 e. The monoisotopic (exact) mass is 297 g/mol. The molecule has 1 aromatic carbocycles. The number of nitrogens with zero attached hydrogens (tertiary/aromatic N) is 3. The number of aromatic nitrogens is 2. The average molecular weight is 297 g/mol. The van der Waals surface area contributed by atoms with Crippen LogP contribution in [0.5, 0.6) is 5.75 Å². The molecule has 0 aliphatic rings. The van der Waals surface area contributed by atoms with Crippen LogP contribution >= 0.6 is 0 Å². The summed E-state index contributed by atoms with van der Waals surface area (Å²) in [6, 6.07) is 8.20. The molecule has 0 atom stereocenters. The Bertz CT molecular complexity index is 778. The molecule has 0 amide bonds. The lowest BCUT2D eigenvalue weighted by atomic mass is 10.2. The molecule has 0 N–H and O–H groups in total. The van der Waals surface area contributed by atoms with Gasteiger partial charge in [-0.1, -0.05) is 0 Å². The Hall–Kier alpha value is -2.56. The predicted molar refractivity (Wildman–Crippen MR) is 86.8 cm³/mol. The maximum atomic E-state index is 5.49. The van der Waals surface area contributed by atoms with Crippen LogP contribution in [0.4, 0.5) is 11.5 Å². The van der Waals surface area contributed by atoms with E-state index >= 15 is 0 Å². The van der Waals surface area contributed by atoms with Crippen molar-refractivity contribution in [3.63, 3.8) is 0 Å². The lowest BCUT2D eigenvalue weighted by Gasteiger charge is -2.28. The summed E-state index contributed by atoms with van der Waals surface area (Å²) >= 11 is 0. The van der Waals surface area contributed by atoms with E-state index in [0.717, 1.165) is 28.2 Å². The van der Waals surface area contributed by atoms with E-state index in [4.69, 9.17) is 9.15 Å². The van der Waals surface area contributed by atoms with E-state index in [1.807, 2.05) is 31.2 Å². The molecular formula is C17H19N3O2. The Labute approximate surface area is 129 Å². The normalized spacial score (nSPS) is 11.1. The van der Waals surface area contributed by atoms with Gasteiger partial charge >= 0.3 is 0 Å². The van der Waals surface area contributed by atoms with Crippen LogP contribution in [-0.4, -0.2) is 23.1 Å². The van der Waals surface area contributed by atoms with Crippen molar-refractivity contribution in [1.29, 1.82) is 0 Å². The lowest BCUT2D eigenvalue weighted by molar-refractivity contribution is 0.415. The van der Waals surface area contributed by atoms with E-state index in [9.17, 15) is 0 Å². The number of hydrogen-bond acceptors (Lipinski definition) is 5. The van der Waals surface area contributed by atoms with Crippen molar-refractivity contribution in [3.05, 3.63) is 42.4 Å². The fourth-order valence-corrected chi connectivity index (χ4v) is 2.59. The highest BCUT2D eigenvalue weighted by atomic mass is 16.5. The average Bonchev–Trinajstić information content (AvgIpc) is 2.90. The minimum atomic E-state index is 0.237. The Morgan fingerprint density at radius 1 is 1.14 bits per heavy atom. The maximum Gasteiger partial charge on any atom is 0.231 e. The second-order valence-electron chi connectivity index (χ2n) is 5.46. The highest BCUT2D eigenvalue weighted by molar-refractivity contribution is 5.91. The summed E-state index contributed by atoms with van der Waals surface area (Å²) in [7, 11) is 1.66. The third-order valence-corrected chi connectivity index (χ3v) is 3.63. The first-order chi connectivity index (χ1) is 10.6. The zero-order valence-electron chi connectivity index (χ0n) is 13.2. The van der Waals surface area contributed by atoms with E-state index in [1.165, 1.54) is 0 Å². The van der Waals surface area contributed by atoms with Gasteiger partial charge in [0.1, 0.15) is 17.9 Å². The zero-order valence-corrected chi connectivity index (χ0v) is 13.2. The Balaban J connectivity index is 2.15. The number of anilines is 2. The molecule has 0 fully saturated rings. The number of aryl methyl sites for hydroxylation is 1. The molecule has 0 aliphatic heterocycles. The summed E-state index contributed by atoms with van der Waals surface area (Å²) in [6.07, 6.45) is 3.26. The number of furan rings is 1. The van der Waals surface area contributed by atoms with E-state index in [-0.39, 0.29) is 6.04 Å². The van der Waals surface area contributed by atoms with Crippen molar-refractivity contribution in [2.45, 2.75) is 26.8 Å². The van der Waals surface area contributed by atoms with E-state index in [1.54, 1.807) is 19.7 Å². The van der Waals surface area contributed by atoms with Crippen molar-refractivity contribution in [2.24, 2.45) is 0 Å². The van der Waals surface area contributed by atoms with Crippen LogP contribution in [0.1, 0.15) is 19.4 Å². The number of rotatable bonds is 4. The fraction of sp³-hybridized carbons (Fsp3) is 0.294. The highest BCUT2D eigenvalue weighted by Crippen LogP contribution is 2.34. The van der Waals surface area contributed by atoms with E-state index < -0.39 is 0 Å². The summed E-state index contributed by atoms with van der Waals surface area (Å²) in [6.45, 7) is 6.27. The molecule has 0 bridgehead atoms. The molecule has 0 unspecified atom stereocenters. The van der Waals surface area contributed by atoms with E-state index in [0.29, 0.717) is 5.71 Å². The molecule has 114 valence electrons. The van der Waals surface area contributed by atoms with Crippen molar-refractivity contribution in [1.82, 2.24) is 9.97 Å². The molecule has 2 aromatic heterocycles.